The Labute approximate surface area is 165 Å². The zero-order valence-electron chi connectivity index (χ0n) is 16.2. The van der Waals surface area contributed by atoms with Crippen LogP contribution in [0.1, 0.15) is 43.0 Å². The van der Waals surface area contributed by atoms with E-state index in [1.54, 1.807) is 20.8 Å². The first-order valence-electron chi connectivity index (χ1n) is 8.81. The van der Waals surface area contributed by atoms with Gasteiger partial charge in [0.1, 0.15) is 0 Å². The molecule has 0 saturated heterocycles. The zero-order valence-corrected chi connectivity index (χ0v) is 16.9. The summed E-state index contributed by atoms with van der Waals surface area (Å²) in [6.07, 6.45) is 0.891. The van der Waals surface area contributed by atoms with E-state index in [2.05, 4.69) is 0 Å². The number of ether oxygens (including phenoxy) is 2. The van der Waals surface area contributed by atoms with Crippen LogP contribution in [-0.4, -0.2) is 18.7 Å². The maximum absolute atomic E-state index is 12.1. The smallest absolute Gasteiger partial charge is 0.314 e. The number of halogens is 1. The second-order valence-electron chi connectivity index (χ2n) is 7.50. The molecule has 0 fully saturated rings. The van der Waals surface area contributed by atoms with Crippen LogP contribution >= 0.6 is 11.6 Å². The molecular weight excluding hydrogens is 364 g/mol. The molecule has 0 aromatic heterocycles. The van der Waals surface area contributed by atoms with Crippen molar-refractivity contribution in [1.82, 2.24) is 0 Å². The van der Waals surface area contributed by atoms with Gasteiger partial charge in [-0.05, 0) is 68.5 Å². The summed E-state index contributed by atoms with van der Waals surface area (Å²) in [4.78, 5) is 23.8. The highest BCUT2D eigenvalue weighted by atomic mass is 35.5. The zero-order chi connectivity index (χ0) is 20.0. The summed E-state index contributed by atoms with van der Waals surface area (Å²) in [5.74, 6) is -0.833. The Hall–Kier alpha value is -2.33. The molecule has 0 amide bonds. The normalized spacial score (nSPS) is 11.1. The molecule has 2 aromatic rings. The van der Waals surface area contributed by atoms with E-state index in [4.69, 9.17) is 21.1 Å². The van der Waals surface area contributed by atoms with Gasteiger partial charge < -0.3 is 9.47 Å². The van der Waals surface area contributed by atoms with Crippen LogP contribution in [0.5, 0.6) is 0 Å². The lowest BCUT2D eigenvalue weighted by molar-refractivity contribution is -0.172. The molecule has 0 saturated carbocycles. The summed E-state index contributed by atoms with van der Waals surface area (Å²) < 4.78 is 10.0. The van der Waals surface area contributed by atoms with E-state index in [1.165, 1.54) is 0 Å². The van der Waals surface area contributed by atoms with Gasteiger partial charge in [-0.2, -0.15) is 0 Å². The lowest BCUT2D eigenvalue weighted by Gasteiger charge is -2.16. The van der Waals surface area contributed by atoms with Crippen LogP contribution in [0.4, 0.5) is 0 Å². The Morgan fingerprint density at radius 1 is 0.963 bits per heavy atom. The quantitative estimate of drug-likeness (QED) is 0.523. The molecule has 0 bridgehead atoms. The van der Waals surface area contributed by atoms with Gasteiger partial charge in [-0.15, -0.1) is 0 Å². The number of esters is 2. The predicted octanol–water partition coefficient (Wildman–Crippen LogP) is 4.87. The fraction of sp³-hybridized carbons (Fsp3) is 0.364. The van der Waals surface area contributed by atoms with Gasteiger partial charge in [-0.25, -0.2) is 0 Å². The first-order chi connectivity index (χ1) is 12.7. The second-order valence-corrected chi connectivity index (χ2v) is 7.93. The van der Waals surface area contributed by atoms with Crippen LogP contribution in [0.15, 0.2) is 42.5 Å². The number of carbonyl (C=O) groups excluding carboxylic acids is 2. The maximum Gasteiger partial charge on any atom is 0.314 e. The van der Waals surface area contributed by atoms with E-state index in [0.29, 0.717) is 5.02 Å². The number of hydrogen-bond donors (Lipinski definition) is 0. The minimum atomic E-state index is -0.626. The molecule has 144 valence electrons. The molecule has 0 spiro atoms. The van der Waals surface area contributed by atoms with Gasteiger partial charge in [-0.3, -0.25) is 9.59 Å². The summed E-state index contributed by atoms with van der Waals surface area (Å²) in [5, 5.41) is 0.708. The number of benzene rings is 2. The first-order valence-corrected chi connectivity index (χ1v) is 9.19. The van der Waals surface area contributed by atoms with Gasteiger partial charge in [-0.1, -0.05) is 41.9 Å². The van der Waals surface area contributed by atoms with Crippen molar-refractivity contribution in [3.8, 4) is 0 Å². The Balaban J connectivity index is 1.95. The van der Waals surface area contributed by atoms with Crippen molar-refractivity contribution < 1.29 is 19.1 Å². The van der Waals surface area contributed by atoms with E-state index in [9.17, 15) is 9.59 Å². The van der Waals surface area contributed by atoms with E-state index >= 15 is 0 Å². The average molecular weight is 389 g/mol. The van der Waals surface area contributed by atoms with E-state index in [-0.39, 0.29) is 13.2 Å². The van der Waals surface area contributed by atoms with Crippen molar-refractivity contribution in [2.45, 2.75) is 40.5 Å². The molecule has 0 aliphatic heterocycles. The molecule has 0 heterocycles. The van der Waals surface area contributed by atoms with Gasteiger partial charge in [0.05, 0.1) is 11.8 Å². The van der Waals surface area contributed by atoms with Gasteiger partial charge in [0.25, 0.3) is 0 Å². The maximum atomic E-state index is 12.1. The fourth-order valence-corrected chi connectivity index (χ4v) is 2.64. The van der Waals surface area contributed by atoms with Crippen molar-refractivity contribution in [2.75, 3.05) is 6.79 Å². The summed E-state index contributed by atoms with van der Waals surface area (Å²) in [7, 11) is 0. The van der Waals surface area contributed by atoms with Gasteiger partial charge in [0.15, 0.2) is 0 Å². The molecule has 0 radical (unpaired) electrons. The first kappa shape index (κ1) is 21.0. The molecule has 2 rings (SSSR count). The lowest BCUT2D eigenvalue weighted by atomic mass is 9.95. The summed E-state index contributed by atoms with van der Waals surface area (Å²) >= 11 is 5.93. The highest BCUT2D eigenvalue weighted by Crippen LogP contribution is 2.20. The third-order valence-corrected chi connectivity index (χ3v) is 4.48. The van der Waals surface area contributed by atoms with Crippen LogP contribution in [0.3, 0.4) is 0 Å². The monoisotopic (exact) mass is 388 g/mol. The summed E-state index contributed by atoms with van der Waals surface area (Å²) in [5.41, 5.74) is 3.61. The highest BCUT2D eigenvalue weighted by molar-refractivity contribution is 6.30. The van der Waals surface area contributed by atoms with E-state index in [0.717, 1.165) is 28.7 Å². The Morgan fingerprint density at radius 3 is 2.22 bits per heavy atom. The van der Waals surface area contributed by atoms with Crippen molar-refractivity contribution in [3.05, 3.63) is 69.7 Å². The summed E-state index contributed by atoms with van der Waals surface area (Å²) in [6, 6.07) is 13.6. The van der Waals surface area contributed by atoms with Gasteiger partial charge in [0, 0.05) is 5.02 Å². The topological polar surface area (TPSA) is 52.6 Å². The number of carbonyl (C=O) groups is 2. The molecule has 0 aliphatic rings. The molecule has 2 aromatic carbocycles. The average Bonchev–Trinajstić information content (AvgIpc) is 2.59. The predicted molar refractivity (Wildman–Crippen MR) is 106 cm³/mol. The molecule has 0 unspecified atom stereocenters. The molecule has 0 aliphatic carbocycles. The van der Waals surface area contributed by atoms with Crippen molar-refractivity contribution in [2.24, 2.45) is 5.41 Å². The SMILES string of the molecule is Cc1c(CC(=O)OCOC(=O)C(C)(C)C)cccc1Cc1ccc(Cl)cc1. The molecule has 27 heavy (non-hydrogen) atoms. The van der Waals surface area contributed by atoms with E-state index in [1.807, 2.05) is 49.4 Å². The second kappa shape index (κ2) is 9.05. The lowest BCUT2D eigenvalue weighted by Crippen LogP contribution is -2.25. The summed E-state index contributed by atoms with van der Waals surface area (Å²) in [6.45, 7) is 6.86. The van der Waals surface area contributed by atoms with Gasteiger partial charge >= 0.3 is 11.9 Å². The minimum Gasteiger partial charge on any atom is -0.428 e. The van der Waals surface area contributed by atoms with Crippen LogP contribution in [0.2, 0.25) is 5.02 Å². The van der Waals surface area contributed by atoms with Crippen LogP contribution in [0, 0.1) is 12.3 Å². The largest absolute Gasteiger partial charge is 0.428 e. The molecule has 5 heteroatoms. The Morgan fingerprint density at radius 2 is 1.59 bits per heavy atom. The minimum absolute atomic E-state index is 0.132. The van der Waals surface area contributed by atoms with Crippen LogP contribution in [-0.2, 0) is 31.9 Å². The third-order valence-electron chi connectivity index (χ3n) is 4.22. The van der Waals surface area contributed by atoms with Crippen molar-refractivity contribution >= 4 is 23.5 Å². The highest BCUT2D eigenvalue weighted by Gasteiger charge is 2.23. The molecular formula is C22H25ClO4. The van der Waals surface area contributed by atoms with Crippen LogP contribution in [0.25, 0.3) is 0 Å². The Bertz CT molecular complexity index is 804. The third kappa shape index (κ3) is 6.40. The number of hydrogen-bond acceptors (Lipinski definition) is 4. The van der Waals surface area contributed by atoms with Crippen molar-refractivity contribution in [1.29, 1.82) is 0 Å². The van der Waals surface area contributed by atoms with Gasteiger partial charge in [0.2, 0.25) is 6.79 Å². The molecule has 4 nitrogen and oxygen atoms in total. The Kier molecular flexibility index (Phi) is 7.03. The van der Waals surface area contributed by atoms with E-state index < -0.39 is 17.4 Å². The van der Waals surface area contributed by atoms with Crippen molar-refractivity contribution in [3.63, 3.8) is 0 Å². The molecule has 0 atom stereocenters. The standard InChI is InChI=1S/C22H25ClO4/c1-15-17(12-16-8-10-19(23)11-9-16)6-5-7-18(15)13-20(24)26-14-27-21(25)22(2,3)4/h5-11H,12-14H2,1-4H3. The van der Waals surface area contributed by atoms with Crippen LogP contribution < -0.4 is 0 Å². The number of rotatable bonds is 6. The fourth-order valence-electron chi connectivity index (χ4n) is 2.51. The molecule has 0 N–H and O–H groups in total.